The second kappa shape index (κ2) is 6.55. The van der Waals surface area contributed by atoms with Crippen LogP contribution in [0.25, 0.3) is 11.5 Å². The molecule has 3 aromatic rings. The van der Waals surface area contributed by atoms with Crippen molar-refractivity contribution in [3.63, 3.8) is 0 Å². The molecule has 0 radical (unpaired) electrons. The maximum absolute atomic E-state index is 11.3. The Labute approximate surface area is 149 Å². The van der Waals surface area contributed by atoms with Gasteiger partial charge >= 0.3 is 0 Å². The third-order valence-electron chi connectivity index (χ3n) is 4.33. The summed E-state index contributed by atoms with van der Waals surface area (Å²) in [7, 11) is 0. The highest BCUT2D eigenvalue weighted by molar-refractivity contribution is 5.59. The third-order valence-corrected chi connectivity index (χ3v) is 4.33. The number of nitro groups is 1. The maximum Gasteiger partial charge on any atom is 0.274 e. The molecule has 8 nitrogen and oxygen atoms in total. The number of rotatable bonds is 6. The Balaban J connectivity index is 1.67. The van der Waals surface area contributed by atoms with Gasteiger partial charge in [-0.2, -0.15) is 4.98 Å². The Morgan fingerprint density at radius 3 is 2.81 bits per heavy atom. The summed E-state index contributed by atoms with van der Waals surface area (Å²) in [6, 6.07) is 10.9. The molecule has 0 bridgehead atoms. The van der Waals surface area contributed by atoms with Crippen LogP contribution in [0.2, 0.25) is 0 Å². The maximum atomic E-state index is 11.3. The first kappa shape index (κ1) is 16.2. The van der Waals surface area contributed by atoms with Gasteiger partial charge in [0.1, 0.15) is 5.82 Å². The molecule has 132 valence electrons. The number of nitro benzene ring substituents is 1. The smallest absolute Gasteiger partial charge is 0.274 e. The minimum Gasteiger partial charge on any atom is -0.349 e. The summed E-state index contributed by atoms with van der Waals surface area (Å²) in [5.74, 6) is 1.75. The average molecular weight is 351 g/mol. The summed E-state index contributed by atoms with van der Waals surface area (Å²) in [5, 5.41) is 15.1. The Hall–Kier alpha value is -3.29. The zero-order chi connectivity index (χ0) is 18.1. The monoisotopic (exact) mass is 351 g/mol. The largest absolute Gasteiger partial charge is 0.349 e. The lowest BCUT2D eigenvalue weighted by atomic mass is 10.1. The number of pyridine rings is 1. The van der Waals surface area contributed by atoms with Gasteiger partial charge < -0.3 is 9.42 Å². The van der Waals surface area contributed by atoms with E-state index in [1.54, 1.807) is 25.3 Å². The standard InChI is InChI=1S/C18H17N5O3/c1-12-20-18(26-21-12)13-8-9-19-17(10-13)22(15-6-7-15)11-14-4-2-3-5-16(14)23(24)25/h2-5,8-10,15H,6-7,11H2,1H3. The highest BCUT2D eigenvalue weighted by Gasteiger charge is 2.31. The molecule has 0 atom stereocenters. The van der Waals surface area contributed by atoms with Gasteiger partial charge in [0.05, 0.1) is 11.5 Å². The van der Waals surface area contributed by atoms with Gasteiger partial charge in [0.2, 0.25) is 0 Å². The third kappa shape index (κ3) is 3.26. The van der Waals surface area contributed by atoms with Crippen molar-refractivity contribution >= 4 is 11.5 Å². The van der Waals surface area contributed by atoms with Crippen molar-refractivity contribution < 1.29 is 9.45 Å². The van der Waals surface area contributed by atoms with Gasteiger partial charge in [0, 0.05) is 29.4 Å². The first-order chi connectivity index (χ1) is 12.6. The van der Waals surface area contributed by atoms with Crippen molar-refractivity contribution in [3.8, 4) is 11.5 Å². The van der Waals surface area contributed by atoms with Crippen LogP contribution < -0.4 is 4.90 Å². The SMILES string of the molecule is Cc1noc(-c2ccnc(N(Cc3ccccc3[N+](=O)[O-])C3CC3)c2)n1. The lowest BCUT2D eigenvalue weighted by Crippen LogP contribution is -2.26. The first-order valence-corrected chi connectivity index (χ1v) is 8.37. The van der Waals surface area contributed by atoms with Crippen molar-refractivity contribution in [2.75, 3.05) is 4.90 Å². The van der Waals surface area contributed by atoms with Crippen LogP contribution >= 0.6 is 0 Å². The molecule has 4 rings (SSSR count). The van der Waals surface area contributed by atoms with Gasteiger partial charge in [-0.05, 0) is 31.9 Å². The van der Waals surface area contributed by atoms with Crippen LogP contribution in [0.4, 0.5) is 11.5 Å². The molecule has 1 aromatic carbocycles. The van der Waals surface area contributed by atoms with Crippen LogP contribution in [0.3, 0.4) is 0 Å². The fourth-order valence-corrected chi connectivity index (χ4v) is 2.91. The van der Waals surface area contributed by atoms with E-state index in [0.29, 0.717) is 29.9 Å². The molecule has 8 heteroatoms. The number of aryl methyl sites for hydroxylation is 1. The molecule has 1 saturated carbocycles. The number of nitrogens with zero attached hydrogens (tertiary/aromatic N) is 5. The first-order valence-electron chi connectivity index (χ1n) is 8.37. The highest BCUT2D eigenvalue weighted by Crippen LogP contribution is 2.34. The summed E-state index contributed by atoms with van der Waals surface area (Å²) < 4.78 is 5.23. The van der Waals surface area contributed by atoms with Crippen LogP contribution in [0.1, 0.15) is 24.2 Å². The summed E-state index contributed by atoms with van der Waals surface area (Å²) in [6.45, 7) is 2.20. The van der Waals surface area contributed by atoms with Gasteiger partial charge in [-0.15, -0.1) is 0 Å². The number of aromatic nitrogens is 3. The van der Waals surface area contributed by atoms with E-state index in [1.165, 1.54) is 6.07 Å². The zero-order valence-electron chi connectivity index (χ0n) is 14.2. The zero-order valence-corrected chi connectivity index (χ0v) is 14.2. The topological polar surface area (TPSA) is 98.2 Å². The second-order valence-electron chi connectivity index (χ2n) is 6.29. The quantitative estimate of drug-likeness (QED) is 0.495. The van der Waals surface area contributed by atoms with E-state index in [0.717, 1.165) is 24.2 Å². The molecule has 26 heavy (non-hydrogen) atoms. The normalized spacial score (nSPS) is 13.6. The fourth-order valence-electron chi connectivity index (χ4n) is 2.91. The van der Waals surface area contributed by atoms with Gasteiger partial charge in [0.15, 0.2) is 5.82 Å². The van der Waals surface area contributed by atoms with E-state index in [9.17, 15) is 10.1 Å². The molecule has 0 spiro atoms. The van der Waals surface area contributed by atoms with E-state index in [4.69, 9.17) is 4.52 Å². The molecule has 1 aliphatic carbocycles. The summed E-state index contributed by atoms with van der Waals surface area (Å²) in [5.41, 5.74) is 1.58. The molecule has 2 heterocycles. The van der Waals surface area contributed by atoms with Crippen LogP contribution in [0.5, 0.6) is 0 Å². The summed E-state index contributed by atoms with van der Waals surface area (Å²) in [4.78, 5) is 21.8. The van der Waals surface area contributed by atoms with Crippen molar-refractivity contribution in [2.45, 2.75) is 32.4 Å². The van der Waals surface area contributed by atoms with Gasteiger partial charge in [-0.25, -0.2) is 4.98 Å². The van der Waals surface area contributed by atoms with E-state index >= 15 is 0 Å². The van der Waals surface area contributed by atoms with Crippen LogP contribution in [-0.4, -0.2) is 26.1 Å². The number of hydrogen-bond donors (Lipinski definition) is 0. The molecule has 0 unspecified atom stereocenters. The van der Waals surface area contributed by atoms with E-state index < -0.39 is 0 Å². The number of anilines is 1. The second-order valence-corrected chi connectivity index (χ2v) is 6.29. The molecular formula is C18H17N5O3. The predicted octanol–water partition coefficient (Wildman–Crippen LogP) is 3.52. The minimum atomic E-state index is -0.342. The Morgan fingerprint density at radius 2 is 2.12 bits per heavy atom. The van der Waals surface area contributed by atoms with Gasteiger partial charge in [-0.1, -0.05) is 23.4 Å². The van der Waals surface area contributed by atoms with Crippen molar-refractivity contribution in [1.82, 2.24) is 15.1 Å². The van der Waals surface area contributed by atoms with Crippen molar-refractivity contribution in [1.29, 1.82) is 0 Å². The fraction of sp³-hybridized carbons (Fsp3) is 0.278. The van der Waals surface area contributed by atoms with E-state index in [2.05, 4.69) is 20.0 Å². The van der Waals surface area contributed by atoms with Crippen LogP contribution in [-0.2, 0) is 6.54 Å². The van der Waals surface area contributed by atoms with Crippen molar-refractivity contribution in [2.24, 2.45) is 0 Å². The van der Waals surface area contributed by atoms with Crippen molar-refractivity contribution in [3.05, 3.63) is 64.1 Å². The Kier molecular flexibility index (Phi) is 4.08. The molecule has 0 N–H and O–H groups in total. The number of benzene rings is 1. The Morgan fingerprint density at radius 1 is 1.31 bits per heavy atom. The summed E-state index contributed by atoms with van der Waals surface area (Å²) in [6.07, 6.45) is 3.79. The molecular weight excluding hydrogens is 334 g/mol. The average Bonchev–Trinajstić information content (AvgIpc) is 3.40. The number of hydrogen-bond acceptors (Lipinski definition) is 7. The Bertz CT molecular complexity index is 951. The van der Waals surface area contributed by atoms with E-state index in [-0.39, 0.29) is 10.6 Å². The van der Waals surface area contributed by atoms with E-state index in [1.807, 2.05) is 18.2 Å². The number of para-hydroxylation sites is 1. The molecule has 1 fully saturated rings. The molecule has 1 aliphatic rings. The molecule has 0 saturated heterocycles. The van der Waals surface area contributed by atoms with Gasteiger partial charge in [0.25, 0.3) is 11.6 Å². The molecule has 0 aliphatic heterocycles. The predicted molar refractivity (Wildman–Crippen MR) is 94.6 cm³/mol. The highest BCUT2D eigenvalue weighted by atomic mass is 16.6. The van der Waals surface area contributed by atoms with Crippen LogP contribution in [0, 0.1) is 17.0 Å². The lowest BCUT2D eigenvalue weighted by molar-refractivity contribution is -0.385. The molecule has 0 amide bonds. The van der Waals surface area contributed by atoms with Gasteiger partial charge in [-0.3, -0.25) is 10.1 Å². The van der Waals surface area contributed by atoms with Crippen LogP contribution in [0.15, 0.2) is 47.1 Å². The minimum absolute atomic E-state index is 0.127. The molecule has 2 aromatic heterocycles. The lowest BCUT2D eigenvalue weighted by Gasteiger charge is -2.23. The summed E-state index contributed by atoms with van der Waals surface area (Å²) >= 11 is 0.